The van der Waals surface area contributed by atoms with Crippen molar-refractivity contribution in [1.29, 1.82) is 0 Å². The molecule has 2 rings (SSSR count). The SMILES string of the molecule is CC1CCC(COc2ccc(Cl)cc2CNC(C)(C)C)O1. The van der Waals surface area contributed by atoms with Crippen LogP contribution in [0.2, 0.25) is 5.02 Å². The Kier molecular flexibility index (Phi) is 5.53. The Balaban J connectivity index is 1.97. The Hall–Kier alpha value is -0.770. The molecule has 4 heteroatoms. The summed E-state index contributed by atoms with van der Waals surface area (Å²) in [6, 6.07) is 5.78. The molecule has 21 heavy (non-hydrogen) atoms. The van der Waals surface area contributed by atoms with Crippen molar-refractivity contribution in [2.45, 2.75) is 64.8 Å². The van der Waals surface area contributed by atoms with Gasteiger partial charge in [0, 0.05) is 22.7 Å². The largest absolute Gasteiger partial charge is 0.491 e. The summed E-state index contributed by atoms with van der Waals surface area (Å²) < 4.78 is 11.8. The molecule has 1 aromatic rings. The van der Waals surface area contributed by atoms with Gasteiger partial charge in [-0.25, -0.2) is 0 Å². The fraction of sp³-hybridized carbons (Fsp3) is 0.647. The maximum absolute atomic E-state index is 6.11. The lowest BCUT2D eigenvalue weighted by atomic mass is 10.1. The van der Waals surface area contributed by atoms with Gasteiger partial charge < -0.3 is 14.8 Å². The minimum Gasteiger partial charge on any atom is -0.491 e. The fourth-order valence-electron chi connectivity index (χ4n) is 2.38. The molecule has 1 heterocycles. The molecule has 0 saturated carbocycles. The highest BCUT2D eigenvalue weighted by Gasteiger charge is 2.22. The minimum absolute atomic E-state index is 0.0591. The molecular formula is C17H26ClNO2. The van der Waals surface area contributed by atoms with Crippen LogP contribution in [0, 0.1) is 0 Å². The van der Waals surface area contributed by atoms with Crippen LogP contribution in [-0.4, -0.2) is 24.4 Å². The molecule has 1 aliphatic rings. The van der Waals surface area contributed by atoms with E-state index in [0.29, 0.717) is 12.7 Å². The van der Waals surface area contributed by atoms with Crippen LogP contribution in [0.15, 0.2) is 18.2 Å². The first-order chi connectivity index (χ1) is 9.83. The van der Waals surface area contributed by atoms with E-state index in [0.717, 1.165) is 35.7 Å². The Morgan fingerprint density at radius 3 is 2.71 bits per heavy atom. The van der Waals surface area contributed by atoms with Crippen LogP contribution in [0.4, 0.5) is 0 Å². The topological polar surface area (TPSA) is 30.5 Å². The van der Waals surface area contributed by atoms with Gasteiger partial charge in [-0.15, -0.1) is 0 Å². The summed E-state index contributed by atoms with van der Waals surface area (Å²) in [6.45, 7) is 9.89. The smallest absolute Gasteiger partial charge is 0.124 e. The van der Waals surface area contributed by atoms with Crippen LogP contribution >= 0.6 is 11.6 Å². The Morgan fingerprint density at radius 1 is 1.33 bits per heavy atom. The van der Waals surface area contributed by atoms with E-state index in [1.807, 2.05) is 18.2 Å². The van der Waals surface area contributed by atoms with Crippen LogP contribution in [0.5, 0.6) is 5.75 Å². The van der Waals surface area contributed by atoms with Crippen molar-refractivity contribution in [3.8, 4) is 5.75 Å². The molecule has 1 N–H and O–H groups in total. The first-order valence-corrected chi connectivity index (χ1v) is 8.03. The van der Waals surface area contributed by atoms with Crippen molar-refractivity contribution in [3.63, 3.8) is 0 Å². The van der Waals surface area contributed by atoms with Crippen molar-refractivity contribution < 1.29 is 9.47 Å². The quantitative estimate of drug-likeness (QED) is 0.885. The van der Waals surface area contributed by atoms with E-state index < -0.39 is 0 Å². The number of benzene rings is 1. The zero-order chi connectivity index (χ0) is 15.5. The first-order valence-electron chi connectivity index (χ1n) is 7.65. The minimum atomic E-state index is 0.0591. The normalized spacial score (nSPS) is 22.5. The fourth-order valence-corrected chi connectivity index (χ4v) is 2.57. The van der Waals surface area contributed by atoms with Gasteiger partial charge in [0.25, 0.3) is 0 Å². The zero-order valence-electron chi connectivity index (χ0n) is 13.4. The van der Waals surface area contributed by atoms with E-state index >= 15 is 0 Å². The van der Waals surface area contributed by atoms with Crippen molar-refractivity contribution in [2.24, 2.45) is 0 Å². The molecule has 1 aromatic carbocycles. The first kappa shape index (κ1) is 16.6. The monoisotopic (exact) mass is 311 g/mol. The number of hydrogen-bond donors (Lipinski definition) is 1. The molecule has 2 unspecified atom stereocenters. The number of hydrogen-bond acceptors (Lipinski definition) is 3. The Morgan fingerprint density at radius 2 is 2.10 bits per heavy atom. The Labute approximate surface area is 133 Å². The van der Waals surface area contributed by atoms with E-state index in [1.165, 1.54) is 0 Å². The van der Waals surface area contributed by atoms with Gasteiger partial charge in [-0.1, -0.05) is 11.6 Å². The highest BCUT2D eigenvalue weighted by Crippen LogP contribution is 2.25. The third-order valence-corrected chi connectivity index (χ3v) is 3.81. The zero-order valence-corrected chi connectivity index (χ0v) is 14.2. The molecule has 1 fully saturated rings. The van der Waals surface area contributed by atoms with E-state index in [1.54, 1.807) is 0 Å². The van der Waals surface area contributed by atoms with E-state index in [9.17, 15) is 0 Å². The molecule has 3 nitrogen and oxygen atoms in total. The average molecular weight is 312 g/mol. The summed E-state index contributed by atoms with van der Waals surface area (Å²) in [5, 5.41) is 4.21. The van der Waals surface area contributed by atoms with E-state index in [4.69, 9.17) is 21.1 Å². The summed E-state index contributed by atoms with van der Waals surface area (Å²) in [6.07, 6.45) is 2.75. The van der Waals surface area contributed by atoms with Crippen LogP contribution in [0.3, 0.4) is 0 Å². The van der Waals surface area contributed by atoms with Crippen LogP contribution in [0.25, 0.3) is 0 Å². The van der Waals surface area contributed by atoms with Crippen molar-refractivity contribution in [3.05, 3.63) is 28.8 Å². The van der Waals surface area contributed by atoms with Gasteiger partial charge in [-0.3, -0.25) is 0 Å². The van der Waals surface area contributed by atoms with Crippen molar-refractivity contribution in [2.75, 3.05) is 6.61 Å². The molecule has 0 bridgehead atoms. The number of ether oxygens (including phenoxy) is 2. The predicted molar refractivity (Wildman–Crippen MR) is 87.1 cm³/mol. The summed E-state index contributed by atoms with van der Waals surface area (Å²) in [4.78, 5) is 0. The third-order valence-electron chi connectivity index (χ3n) is 3.58. The van der Waals surface area contributed by atoms with Gasteiger partial charge in [0.15, 0.2) is 0 Å². The van der Waals surface area contributed by atoms with Crippen LogP contribution < -0.4 is 10.1 Å². The molecule has 1 saturated heterocycles. The van der Waals surface area contributed by atoms with Crippen molar-refractivity contribution >= 4 is 11.6 Å². The summed E-state index contributed by atoms with van der Waals surface area (Å²) in [5.74, 6) is 0.888. The van der Waals surface area contributed by atoms with Crippen LogP contribution in [-0.2, 0) is 11.3 Å². The summed E-state index contributed by atoms with van der Waals surface area (Å²) in [5.41, 5.74) is 1.15. The maximum atomic E-state index is 6.11. The van der Waals surface area contributed by atoms with Gasteiger partial charge in [0.2, 0.25) is 0 Å². The number of halogens is 1. The van der Waals surface area contributed by atoms with Gasteiger partial charge in [-0.2, -0.15) is 0 Å². The highest BCUT2D eigenvalue weighted by atomic mass is 35.5. The molecular weight excluding hydrogens is 286 g/mol. The Bertz CT molecular complexity index is 470. The maximum Gasteiger partial charge on any atom is 0.124 e. The van der Waals surface area contributed by atoms with Crippen molar-refractivity contribution in [1.82, 2.24) is 5.32 Å². The molecule has 0 aromatic heterocycles. The number of rotatable bonds is 5. The lowest BCUT2D eigenvalue weighted by molar-refractivity contribution is 0.0262. The lowest BCUT2D eigenvalue weighted by Crippen LogP contribution is -2.35. The van der Waals surface area contributed by atoms with Gasteiger partial charge >= 0.3 is 0 Å². The van der Waals surface area contributed by atoms with Gasteiger partial charge in [-0.05, 0) is 58.7 Å². The van der Waals surface area contributed by atoms with Crippen LogP contribution in [0.1, 0.15) is 46.1 Å². The molecule has 2 atom stereocenters. The second-order valence-electron chi connectivity index (χ2n) is 6.81. The standard InChI is InChI=1S/C17H26ClNO2/c1-12-5-7-15(21-12)11-20-16-8-6-14(18)9-13(16)10-19-17(2,3)4/h6,8-9,12,15,19H,5,7,10-11H2,1-4H3. The molecule has 0 aliphatic carbocycles. The van der Waals surface area contributed by atoms with Gasteiger partial charge in [0.05, 0.1) is 12.2 Å². The van der Waals surface area contributed by atoms with E-state index in [2.05, 4.69) is 33.0 Å². The summed E-state index contributed by atoms with van der Waals surface area (Å²) >= 11 is 6.11. The van der Waals surface area contributed by atoms with E-state index in [-0.39, 0.29) is 11.6 Å². The molecule has 118 valence electrons. The highest BCUT2D eigenvalue weighted by molar-refractivity contribution is 6.30. The molecule has 0 amide bonds. The predicted octanol–water partition coefficient (Wildman–Crippen LogP) is 4.17. The number of nitrogens with one attached hydrogen (secondary N) is 1. The molecule has 1 aliphatic heterocycles. The second-order valence-corrected chi connectivity index (χ2v) is 7.25. The second kappa shape index (κ2) is 6.99. The average Bonchev–Trinajstić information content (AvgIpc) is 2.80. The summed E-state index contributed by atoms with van der Waals surface area (Å²) in [7, 11) is 0. The van der Waals surface area contributed by atoms with Gasteiger partial charge in [0.1, 0.15) is 12.4 Å². The third kappa shape index (κ3) is 5.50. The lowest BCUT2D eigenvalue weighted by Gasteiger charge is -2.22. The molecule has 0 radical (unpaired) electrons. The molecule has 0 spiro atoms.